The zero-order chi connectivity index (χ0) is 26.5. The van der Waals surface area contributed by atoms with Gasteiger partial charge in [0.15, 0.2) is 5.03 Å². The molecule has 0 saturated carbocycles. The summed E-state index contributed by atoms with van der Waals surface area (Å²) in [6.45, 7) is 2.52. The molecule has 2 aliphatic rings. The summed E-state index contributed by atoms with van der Waals surface area (Å²) in [7, 11) is -0.570. The molecular weight excluding hydrogens is 502 g/mol. The molecule has 4 heterocycles. The molecule has 2 N–H and O–H groups in total. The lowest BCUT2D eigenvalue weighted by molar-refractivity contribution is 0.0931. The van der Waals surface area contributed by atoms with Crippen LogP contribution in [0.15, 0.2) is 66.1 Å². The zero-order valence-electron chi connectivity index (χ0n) is 21.7. The van der Waals surface area contributed by atoms with Crippen LogP contribution in [0, 0.1) is 0 Å². The highest BCUT2D eigenvalue weighted by Gasteiger charge is 2.51. The summed E-state index contributed by atoms with van der Waals surface area (Å²) in [6.07, 6.45) is 4.62. The predicted molar refractivity (Wildman–Crippen MR) is 144 cm³/mol. The minimum Gasteiger partial charge on any atom is -0.497 e. The first-order valence-corrected chi connectivity index (χ1v) is 14.4. The third-order valence-corrected chi connectivity index (χ3v) is 9.93. The van der Waals surface area contributed by atoms with Crippen molar-refractivity contribution in [1.29, 1.82) is 0 Å². The molecular formula is C28H33N5O4S. The lowest BCUT2D eigenvalue weighted by Gasteiger charge is -2.49. The van der Waals surface area contributed by atoms with E-state index in [4.69, 9.17) is 4.74 Å². The van der Waals surface area contributed by atoms with Gasteiger partial charge in [0, 0.05) is 54.4 Å². The van der Waals surface area contributed by atoms with Crippen molar-refractivity contribution in [3.8, 4) is 5.75 Å². The molecule has 9 nitrogen and oxygen atoms in total. The van der Waals surface area contributed by atoms with Crippen molar-refractivity contribution in [1.82, 2.24) is 23.7 Å². The predicted octanol–water partition coefficient (Wildman–Crippen LogP) is 3.18. The van der Waals surface area contributed by atoms with Crippen molar-refractivity contribution < 1.29 is 18.3 Å². The molecule has 4 aromatic rings. The van der Waals surface area contributed by atoms with Crippen LogP contribution in [0.4, 0.5) is 0 Å². The normalized spacial score (nSPS) is 20.1. The number of ether oxygens (including phenoxy) is 1. The summed E-state index contributed by atoms with van der Waals surface area (Å²) in [5, 5.41) is 11.6. The van der Waals surface area contributed by atoms with Gasteiger partial charge in [-0.15, -0.1) is 0 Å². The van der Waals surface area contributed by atoms with Gasteiger partial charge in [0.25, 0.3) is 10.0 Å². The van der Waals surface area contributed by atoms with Crippen LogP contribution in [0.5, 0.6) is 5.75 Å². The topological polar surface area (TPSA) is 104 Å². The monoisotopic (exact) mass is 535 g/mol. The molecule has 0 aliphatic carbocycles. The Morgan fingerprint density at radius 2 is 1.92 bits per heavy atom. The van der Waals surface area contributed by atoms with E-state index < -0.39 is 21.5 Å². The first-order chi connectivity index (χ1) is 18.3. The largest absolute Gasteiger partial charge is 0.497 e. The fourth-order valence-electron chi connectivity index (χ4n) is 6.24. The standard InChI is InChI=1S/C28H33N5O4S/c1-31-16-25(29-19-31)38(35,36)33-18-28(10-12-32(13-11-28)15-20-6-4-3-5-7-20)26-22-9-8-21(37-2)14-23(22)30-27(26)24(33)17-34/h3-9,14,16,19,24,30,34H,10-13,15,17-18H2,1-2H3/t24-/m0/s1. The number of fused-ring (bicyclic) bond motifs is 4. The summed E-state index contributed by atoms with van der Waals surface area (Å²) >= 11 is 0. The Labute approximate surface area is 222 Å². The van der Waals surface area contributed by atoms with Crippen LogP contribution in [0.1, 0.15) is 35.7 Å². The Balaban J connectivity index is 1.44. The molecule has 1 fully saturated rings. The molecule has 2 aliphatic heterocycles. The van der Waals surface area contributed by atoms with Gasteiger partial charge in [-0.1, -0.05) is 30.3 Å². The van der Waals surface area contributed by atoms with Gasteiger partial charge >= 0.3 is 0 Å². The minimum atomic E-state index is -3.95. The number of methoxy groups -OCH3 is 1. The van der Waals surface area contributed by atoms with Gasteiger partial charge in [-0.05, 0) is 49.2 Å². The number of hydrogen-bond donors (Lipinski definition) is 2. The average molecular weight is 536 g/mol. The zero-order valence-corrected chi connectivity index (χ0v) is 22.5. The number of hydrogen-bond acceptors (Lipinski definition) is 6. The number of likely N-dealkylation sites (tertiary alicyclic amines) is 1. The van der Waals surface area contributed by atoms with Crippen LogP contribution in [0.2, 0.25) is 0 Å². The van der Waals surface area contributed by atoms with Gasteiger partial charge in [-0.25, -0.2) is 13.4 Å². The molecule has 0 radical (unpaired) electrons. The quantitative estimate of drug-likeness (QED) is 0.393. The molecule has 1 spiro atoms. The number of imidazole rings is 1. The second-order valence-electron chi connectivity index (χ2n) is 10.5. The third kappa shape index (κ3) is 4.12. The maximum atomic E-state index is 13.9. The van der Waals surface area contributed by atoms with E-state index in [0.717, 1.165) is 60.4 Å². The van der Waals surface area contributed by atoms with Crippen LogP contribution in [0.3, 0.4) is 0 Å². The van der Waals surface area contributed by atoms with Crippen molar-refractivity contribution in [2.24, 2.45) is 7.05 Å². The Morgan fingerprint density at radius 3 is 2.58 bits per heavy atom. The fourth-order valence-corrected chi connectivity index (χ4v) is 7.89. The number of nitrogens with zero attached hydrogens (tertiary/aromatic N) is 4. The van der Waals surface area contributed by atoms with E-state index in [1.165, 1.54) is 22.4 Å². The van der Waals surface area contributed by atoms with Gasteiger partial charge in [-0.3, -0.25) is 4.90 Å². The number of aliphatic hydroxyl groups excluding tert-OH is 1. The van der Waals surface area contributed by atoms with Crippen LogP contribution in [0.25, 0.3) is 10.9 Å². The average Bonchev–Trinajstić information content (AvgIpc) is 3.55. The number of benzene rings is 2. The van der Waals surface area contributed by atoms with E-state index in [1.54, 1.807) is 18.7 Å². The van der Waals surface area contributed by atoms with Gasteiger partial charge in [0.2, 0.25) is 0 Å². The van der Waals surface area contributed by atoms with Gasteiger partial charge in [0.05, 0.1) is 26.1 Å². The summed E-state index contributed by atoms with van der Waals surface area (Å²) in [6, 6.07) is 15.6. The molecule has 200 valence electrons. The number of aromatic amines is 1. The molecule has 2 aromatic carbocycles. The number of nitrogens with one attached hydrogen (secondary N) is 1. The van der Waals surface area contributed by atoms with Crippen LogP contribution in [-0.4, -0.2) is 70.6 Å². The van der Waals surface area contributed by atoms with Crippen molar-refractivity contribution in [2.75, 3.05) is 33.4 Å². The highest BCUT2D eigenvalue weighted by atomic mass is 32.2. The Bertz CT molecular complexity index is 1550. The van der Waals surface area contributed by atoms with E-state index in [1.807, 2.05) is 18.2 Å². The highest BCUT2D eigenvalue weighted by molar-refractivity contribution is 7.89. The van der Waals surface area contributed by atoms with Crippen molar-refractivity contribution >= 4 is 20.9 Å². The SMILES string of the molecule is COc1ccc2c3c([nH]c2c1)[C@H](CO)N(S(=O)(=O)c1cn(C)cn1)CC31CCN(Cc2ccccc2)CC1. The second-order valence-corrected chi connectivity index (χ2v) is 12.3. The summed E-state index contributed by atoms with van der Waals surface area (Å²) in [5.74, 6) is 0.723. The van der Waals surface area contributed by atoms with E-state index in [-0.39, 0.29) is 11.6 Å². The van der Waals surface area contributed by atoms with Crippen LogP contribution < -0.4 is 4.74 Å². The summed E-state index contributed by atoms with van der Waals surface area (Å²) in [5.41, 5.74) is 3.64. The van der Waals surface area contributed by atoms with Gasteiger partial charge in [-0.2, -0.15) is 4.31 Å². The number of H-pyrrole nitrogens is 1. The van der Waals surface area contributed by atoms with E-state index in [9.17, 15) is 13.5 Å². The summed E-state index contributed by atoms with van der Waals surface area (Å²) in [4.78, 5) is 10.1. The minimum absolute atomic E-state index is 0.00339. The second kappa shape index (κ2) is 9.53. The first kappa shape index (κ1) is 25.1. The molecule has 2 aromatic heterocycles. The maximum Gasteiger partial charge on any atom is 0.262 e. The van der Waals surface area contributed by atoms with Crippen molar-refractivity contribution in [3.63, 3.8) is 0 Å². The number of piperidine rings is 1. The smallest absolute Gasteiger partial charge is 0.262 e. The molecule has 0 amide bonds. The first-order valence-electron chi connectivity index (χ1n) is 12.9. The number of aromatic nitrogens is 3. The van der Waals surface area contributed by atoms with Crippen molar-refractivity contribution in [3.05, 3.63) is 77.9 Å². The Morgan fingerprint density at radius 1 is 1.16 bits per heavy atom. The van der Waals surface area contributed by atoms with Crippen molar-refractivity contribution in [2.45, 2.75) is 35.9 Å². The molecule has 1 atom stereocenters. The van der Waals surface area contributed by atoms with Gasteiger partial charge < -0.3 is 19.4 Å². The molecule has 6 rings (SSSR count). The number of sulfonamides is 1. The van der Waals surface area contributed by atoms with E-state index in [2.05, 4.69) is 45.2 Å². The summed E-state index contributed by atoms with van der Waals surface area (Å²) < 4.78 is 36.4. The number of aliphatic hydroxyl groups is 1. The molecule has 10 heteroatoms. The Kier molecular flexibility index (Phi) is 6.30. The number of aryl methyl sites for hydroxylation is 1. The Hall–Kier alpha value is -3.18. The van der Waals surface area contributed by atoms with Crippen LogP contribution >= 0.6 is 0 Å². The van der Waals surface area contributed by atoms with Crippen LogP contribution in [-0.2, 0) is 29.0 Å². The number of rotatable bonds is 6. The molecule has 1 saturated heterocycles. The van der Waals surface area contributed by atoms with E-state index >= 15 is 0 Å². The van der Waals surface area contributed by atoms with E-state index in [0.29, 0.717) is 6.54 Å². The highest BCUT2D eigenvalue weighted by Crippen LogP contribution is 2.50. The van der Waals surface area contributed by atoms with Gasteiger partial charge in [0.1, 0.15) is 5.75 Å². The molecule has 38 heavy (non-hydrogen) atoms. The molecule has 0 bridgehead atoms. The lowest BCUT2D eigenvalue weighted by atomic mass is 9.69. The lowest BCUT2D eigenvalue weighted by Crippen LogP contribution is -2.55. The third-order valence-electron chi connectivity index (χ3n) is 8.19. The maximum absolute atomic E-state index is 13.9. The molecule has 0 unspecified atom stereocenters. The fraction of sp³-hybridized carbons (Fsp3) is 0.393.